The Bertz CT molecular complexity index is 771. The van der Waals surface area contributed by atoms with Crippen LogP contribution in [0.2, 0.25) is 0 Å². The number of hydrogen-bond acceptors (Lipinski definition) is 5. The number of aromatic nitrogens is 2. The number of amides is 1. The number of ether oxygens (including phenoxy) is 2. The quantitative estimate of drug-likeness (QED) is 0.888. The van der Waals surface area contributed by atoms with Gasteiger partial charge in [0.25, 0.3) is 0 Å². The molecule has 4 rings (SSSR count). The molecule has 0 aliphatic carbocycles. The zero-order valence-electron chi connectivity index (χ0n) is 13.3. The molecule has 0 unspecified atom stereocenters. The van der Waals surface area contributed by atoms with E-state index in [4.69, 9.17) is 14.6 Å². The highest BCUT2D eigenvalue weighted by Crippen LogP contribution is 2.33. The average Bonchev–Trinajstić information content (AvgIpc) is 3.28. The number of carbonyl (C=O) groups excluding carboxylic acids is 1. The number of aliphatic hydroxyl groups is 1. The summed E-state index contributed by atoms with van der Waals surface area (Å²) in [7, 11) is 0. The van der Waals surface area contributed by atoms with Crippen LogP contribution < -0.4 is 9.47 Å². The molecule has 7 nitrogen and oxygen atoms in total. The second-order valence-electron chi connectivity index (χ2n) is 6.00. The first-order valence-electron chi connectivity index (χ1n) is 8.05. The lowest BCUT2D eigenvalue weighted by atomic mass is 10.1. The fourth-order valence-electron chi connectivity index (χ4n) is 3.18. The summed E-state index contributed by atoms with van der Waals surface area (Å²) in [4.78, 5) is 14.3. The van der Waals surface area contributed by atoms with Gasteiger partial charge in [0.2, 0.25) is 12.7 Å². The van der Waals surface area contributed by atoms with Crippen molar-refractivity contribution in [2.45, 2.75) is 32.5 Å². The van der Waals surface area contributed by atoms with Gasteiger partial charge in [0.1, 0.15) is 0 Å². The van der Waals surface area contributed by atoms with Crippen LogP contribution in [0.4, 0.5) is 0 Å². The second-order valence-corrected chi connectivity index (χ2v) is 6.00. The van der Waals surface area contributed by atoms with Gasteiger partial charge in [-0.25, -0.2) is 0 Å². The van der Waals surface area contributed by atoms with Crippen molar-refractivity contribution in [1.82, 2.24) is 14.7 Å². The van der Waals surface area contributed by atoms with Gasteiger partial charge in [0.15, 0.2) is 11.5 Å². The van der Waals surface area contributed by atoms with E-state index in [-0.39, 0.29) is 19.3 Å². The molecule has 1 aromatic heterocycles. The minimum Gasteiger partial charge on any atom is -0.454 e. The van der Waals surface area contributed by atoms with E-state index in [1.165, 1.54) is 0 Å². The third-order valence-corrected chi connectivity index (χ3v) is 4.47. The van der Waals surface area contributed by atoms with Crippen LogP contribution in [0.25, 0.3) is 0 Å². The third-order valence-electron chi connectivity index (χ3n) is 4.47. The van der Waals surface area contributed by atoms with Crippen molar-refractivity contribution >= 4 is 5.91 Å². The molecule has 0 saturated carbocycles. The molecular formula is C17H19N3O4. The van der Waals surface area contributed by atoms with Crippen LogP contribution in [-0.4, -0.2) is 39.1 Å². The number of fused-ring (bicyclic) bond motifs is 2. The maximum absolute atomic E-state index is 12.5. The number of aryl methyl sites for hydroxylation is 1. The van der Waals surface area contributed by atoms with Gasteiger partial charge in [-0.05, 0) is 24.1 Å². The topological polar surface area (TPSA) is 76.8 Å². The van der Waals surface area contributed by atoms with E-state index in [2.05, 4.69) is 5.10 Å². The first-order valence-corrected chi connectivity index (χ1v) is 8.05. The van der Waals surface area contributed by atoms with Crippen LogP contribution in [0.15, 0.2) is 24.4 Å². The molecule has 0 fully saturated rings. The Morgan fingerprint density at radius 1 is 1.25 bits per heavy atom. The largest absolute Gasteiger partial charge is 0.454 e. The standard InChI is InChI=1S/C17H19N3O4/c21-6-5-20-14-10-19(9-13(14)8-18-20)17(22)4-2-12-1-3-15-16(7-12)24-11-23-15/h1,3,7-8,21H,2,4-6,9-11H2. The van der Waals surface area contributed by atoms with Crippen molar-refractivity contribution in [2.75, 3.05) is 13.4 Å². The van der Waals surface area contributed by atoms with Crippen molar-refractivity contribution in [3.8, 4) is 11.5 Å². The molecular weight excluding hydrogens is 310 g/mol. The summed E-state index contributed by atoms with van der Waals surface area (Å²) in [5.41, 5.74) is 3.16. The van der Waals surface area contributed by atoms with E-state index < -0.39 is 0 Å². The van der Waals surface area contributed by atoms with Gasteiger partial charge in [-0.2, -0.15) is 5.10 Å². The minimum atomic E-state index is 0.0478. The molecule has 1 N–H and O–H groups in total. The second kappa shape index (κ2) is 6.16. The van der Waals surface area contributed by atoms with Crippen molar-refractivity contribution in [2.24, 2.45) is 0 Å². The van der Waals surface area contributed by atoms with Gasteiger partial charge in [0.05, 0.1) is 31.6 Å². The van der Waals surface area contributed by atoms with Crippen LogP contribution in [-0.2, 0) is 30.8 Å². The van der Waals surface area contributed by atoms with E-state index >= 15 is 0 Å². The van der Waals surface area contributed by atoms with Gasteiger partial charge < -0.3 is 19.5 Å². The van der Waals surface area contributed by atoms with E-state index in [0.717, 1.165) is 28.3 Å². The number of hydrogen-bond donors (Lipinski definition) is 1. The fraction of sp³-hybridized carbons (Fsp3) is 0.412. The molecule has 1 amide bonds. The van der Waals surface area contributed by atoms with E-state index in [1.54, 1.807) is 10.9 Å². The van der Waals surface area contributed by atoms with Crippen LogP contribution in [0.5, 0.6) is 11.5 Å². The van der Waals surface area contributed by atoms with Gasteiger partial charge in [0, 0.05) is 18.5 Å². The summed E-state index contributed by atoms with van der Waals surface area (Å²) in [6, 6.07) is 5.80. The summed E-state index contributed by atoms with van der Waals surface area (Å²) < 4.78 is 12.4. The summed E-state index contributed by atoms with van der Waals surface area (Å²) in [6.45, 7) is 1.94. The normalized spacial score (nSPS) is 15.0. The zero-order chi connectivity index (χ0) is 16.5. The Morgan fingerprint density at radius 2 is 2.12 bits per heavy atom. The minimum absolute atomic E-state index is 0.0478. The lowest BCUT2D eigenvalue weighted by Crippen LogP contribution is -2.26. The van der Waals surface area contributed by atoms with Crippen LogP contribution in [0, 0.1) is 0 Å². The van der Waals surface area contributed by atoms with E-state index in [0.29, 0.717) is 32.5 Å². The summed E-state index contributed by atoms with van der Waals surface area (Å²) in [6.07, 6.45) is 2.92. The average molecular weight is 329 g/mol. The molecule has 24 heavy (non-hydrogen) atoms. The van der Waals surface area contributed by atoms with E-state index in [9.17, 15) is 4.79 Å². The maximum Gasteiger partial charge on any atom is 0.231 e. The Kier molecular flexibility index (Phi) is 3.86. The van der Waals surface area contributed by atoms with Gasteiger partial charge >= 0.3 is 0 Å². The number of benzene rings is 1. The molecule has 1 aromatic carbocycles. The highest BCUT2D eigenvalue weighted by Gasteiger charge is 2.26. The number of rotatable bonds is 5. The zero-order valence-corrected chi connectivity index (χ0v) is 13.3. The highest BCUT2D eigenvalue weighted by molar-refractivity contribution is 5.77. The molecule has 7 heteroatoms. The molecule has 0 saturated heterocycles. The van der Waals surface area contributed by atoms with Crippen LogP contribution >= 0.6 is 0 Å². The number of carbonyl (C=O) groups is 1. The van der Waals surface area contributed by atoms with Crippen LogP contribution in [0.3, 0.4) is 0 Å². The molecule has 2 aliphatic rings. The number of aliphatic hydroxyl groups excluding tert-OH is 1. The Balaban J connectivity index is 1.36. The molecule has 2 aliphatic heterocycles. The van der Waals surface area contributed by atoms with Gasteiger partial charge in [-0.15, -0.1) is 0 Å². The molecule has 2 aromatic rings. The summed E-state index contributed by atoms with van der Waals surface area (Å²) >= 11 is 0. The summed E-state index contributed by atoms with van der Waals surface area (Å²) in [5.74, 6) is 1.63. The lowest BCUT2D eigenvalue weighted by molar-refractivity contribution is -0.131. The van der Waals surface area contributed by atoms with E-state index in [1.807, 2.05) is 23.1 Å². The molecule has 126 valence electrons. The summed E-state index contributed by atoms with van der Waals surface area (Å²) in [5, 5.41) is 13.3. The Hall–Kier alpha value is -2.54. The number of nitrogens with zero attached hydrogens (tertiary/aromatic N) is 3. The molecule has 3 heterocycles. The maximum atomic E-state index is 12.5. The van der Waals surface area contributed by atoms with Crippen molar-refractivity contribution in [3.63, 3.8) is 0 Å². The molecule has 0 atom stereocenters. The van der Waals surface area contributed by atoms with Crippen molar-refractivity contribution < 1.29 is 19.4 Å². The fourth-order valence-corrected chi connectivity index (χ4v) is 3.18. The molecule has 0 bridgehead atoms. The Labute approximate surface area is 139 Å². The molecule has 0 spiro atoms. The van der Waals surface area contributed by atoms with Gasteiger partial charge in [-0.3, -0.25) is 9.48 Å². The first kappa shape index (κ1) is 15.0. The SMILES string of the molecule is O=C(CCc1ccc2c(c1)OCO2)N1Cc2cnn(CCO)c2C1. The Morgan fingerprint density at radius 3 is 3.00 bits per heavy atom. The predicted octanol–water partition coefficient (Wildman–Crippen LogP) is 1.08. The third kappa shape index (κ3) is 2.71. The smallest absolute Gasteiger partial charge is 0.231 e. The van der Waals surface area contributed by atoms with Gasteiger partial charge in [-0.1, -0.05) is 6.07 Å². The predicted molar refractivity (Wildman–Crippen MR) is 84.5 cm³/mol. The lowest BCUT2D eigenvalue weighted by Gasteiger charge is -2.16. The highest BCUT2D eigenvalue weighted by atomic mass is 16.7. The van der Waals surface area contributed by atoms with Crippen molar-refractivity contribution in [1.29, 1.82) is 0 Å². The monoisotopic (exact) mass is 329 g/mol. The molecule has 0 radical (unpaired) electrons. The van der Waals surface area contributed by atoms with Crippen molar-refractivity contribution in [3.05, 3.63) is 41.2 Å². The van der Waals surface area contributed by atoms with Crippen LogP contribution in [0.1, 0.15) is 23.2 Å². The first-order chi connectivity index (χ1) is 11.7.